The van der Waals surface area contributed by atoms with E-state index in [9.17, 15) is 0 Å². The van der Waals surface area contributed by atoms with Crippen LogP contribution in [0.3, 0.4) is 0 Å². The van der Waals surface area contributed by atoms with Crippen molar-refractivity contribution >= 4 is 15.9 Å². The molecule has 5 heteroatoms. The maximum atomic E-state index is 4.45. The molecule has 0 atom stereocenters. The largest absolute Gasteiger partial charge is 0.310 e. The molecular weight excluding hydrogens is 292 g/mol. The Bertz CT molecular complexity index is 507. The van der Waals surface area contributed by atoms with Crippen molar-refractivity contribution in [2.45, 2.75) is 33.0 Å². The zero-order chi connectivity index (χ0) is 13.0. The molecule has 18 heavy (non-hydrogen) atoms. The van der Waals surface area contributed by atoms with Crippen LogP contribution < -0.4 is 5.32 Å². The Morgan fingerprint density at radius 2 is 2.28 bits per heavy atom. The molecule has 0 radical (unpaired) electrons. The van der Waals surface area contributed by atoms with E-state index in [4.69, 9.17) is 0 Å². The summed E-state index contributed by atoms with van der Waals surface area (Å²) in [5, 5.41) is 7.67. The Labute approximate surface area is 116 Å². The molecule has 0 aliphatic rings. The third-order valence-corrected chi connectivity index (χ3v) is 3.01. The molecule has 0 unspecified atom stereocenters. The summed E-state index contributed by atoms with van der Waals surface area (Å²) < 4.78 is 2.87. The predicted octanol–water partition coefficient (Wildman–Crippen LogP) is 2.59. The first kappa shape index (κ1) is 13.2. The number of hydrogen-bond donors (Lipinski definition) is 1. The molecule has 4 nitrogen and oxygen atoms in total. The Morgan fingerprint density at radius 1 is 1.44 bits per heavy atom. The number of pyridine rings is 1. The lowest BCUT2D eigenvalue weighted by atomic mass is 10.2. The van der Waals surface area contributed by atoms with Gasteiger partial charge in [0.2, 0.25) is 0 Å². The summed E-state index contributed by atoms with van der Waals surface area (Å²) in [4.78, 5) is 4.45. The molecule has 2 heterocycles. The highest BCUT2D eigenvalue weighted by molar-refractivity contribution is 9.10. The molecule has 0 bridgehead atoms. The molecule has 0 saturated carbocycles. The molecule has 2 rings (SSSR count). The summed E-state index contributed by atoms with van der Waals surface area (Å²) in [5.41, 5.74) is 2.28. The van der Waals surface area contributed by atoms with Crippen molar-refractivity contribution < 1.29 is 0 Å². The van der Waals surface area contributed by atoms with Crippen LogP contribution in [0.15, 0.2) is 35.2 Å². The van der Waals surface area contributed by atoms with Gasteiger partial charge < -0.3 is 5.32 Å². The minimum atomic E-state index is 0.469. The highest BCUT2D eigenvalue weighted by Crippen LogP contribution is 2.11. The van der Waals surface area contributed by atoms with Gasteiger partial charge in [0.1, 0.15) is 0 Å². The fourth-order valence-corrected chi connectivity index (χ4v) is 1.99. The van der Waals surface area contributed by atoms with Crippen molar-refractivity contribution in [3.63, 3.8) is 0 Å². The molecule has 0 aromatic carbocycles. The van der Waals surface area contributed by atoms with E-state index >= 15 is 0 Å². The smallest absolute Gasteiger partial charge is 0.0835 e. The van der Waals surface area contributed by atoms with E-state index in [2.05, 4.69) is 51.2 Å². The van der Waals surface area contributed by atoms with Crippen LogP contribution >= 0.6 is 15.9 Å². The first-order chi connectivity index (χ1) is 8.65. The summed E-state index contributed by atoms with van der Waals surface area (Å²) >= 11 is 3.40. The van der Waals surface area contributed by atoms with E-state index in [0.29, 0.717) is 12.6 Å². The molecular formula is C13H17BrN4. The van der Waals surface area contributed by atoms with Crippen molar-refractivity contribution in [1.82, 2.24) is 20.1 Å². The average Bonchev–Trinajstić information content (AvgIpc) is 2.73. The summed E-state index contributed by atoms with van der Waals surface area (Å²) in [7, 11) is 0. The molecule has 0 aliphatic heterocycles. The monoisotopic (exact) mass is 308 g/mol. The first-order valence-corrected chi connectivity index (χ1v) is 6.78. The summed E-state index contributed by atoms with van der Waals surface area (Å²) in [6.45, 7) is 5.81. The van der Waals surface area contributed by atoms with Gasteiger partial charge in [-0.2, -0.15) is 5.10 Å². The predicted molar refractivity (Wildman–Crippen MR) is 75.2 cm³/mol. The number of nitrogens with one attached hydrogen (secondary N) is 1. The van der Waals surface area contributed by atoms with Crippen LogP contribution in [0.25, 0.3) is 0 Å². The minimum Gasteiger partial charge on any atom is -0.310 e. The van der Waals surface area contributed by atoms with E-state index in [1.165, 1.54) is 5.56 Å². The van der Waals surface area contributed by atoms with E-state index in [-0.39, 0.29) is 0 Å². The van der Waals surface area contributed by atoms with Gasteiger partial charge in [-0.1, -0.05) is 19.9 Å². The summed E-state index contributed by atoms with van der Waals surface area (Å²) in [6, 6.07) is 4.55. The lowest BCUT2D eigenvalue weighted by Crippen LogP contribution is -2.23. The number of aromatic nitrogens is 3. The third-order valence-electron chi connectivity index (χ3n) is 2.60. The molecule has 96 valence electrons. The lowest BCUT2D eigenvalue weighted by molar-refractivity contribution is 0.578. The highest BCUT2D eigenvalue weighted by Gasteiger charge is 2.05. The summed E-state index contributed by atoms with van der Waals surface area (Å²) in [5.74, 6) is 0. The maximum Gasteiger partial charge on any atom is 0.0835 e. The van der Waals surface area contributed by atoms with E-state index < -0.39 is 0 Å². The molecule has 0 amide bonds. The molecule has 0 fully saturated rings. The van der Waals surface area contributed by atoms with Gasteiger partial charge in [0.25, 0.3) is 0 Å². The van der Waals surface area contributed by atoms with Crippen LogP contribution in [0.2, 0.25) is 0 Å². The van der Waals surface area contributed by atoms with Gasteiger partial charge in [-0.3, -0.25) is 9.67 Å². The van der Waals surface area contributed by atoms with Gasteiger partial charge in [0, 0.05) is 25.0 Å². The highest BCUT2D eigenvalue weighted by atomic mass is 79.9. The molecule has 2 aromatic rings. The van der Waals surface area contributed by atoms with Crippen molar-refractivity contribution in [3.8, 4) is 0 Å². The van der Waals surface area contributed by atoms with Crippen LogP contribution in [-0.2, 0) is 13.1 Å². The average molecular weight is 309 g/mol. The zero-order valence-electron chi connectivity index (χ0n) is 10.6. The number of nitrogens with zero attached hydrogens (tertiary/aromatic N) is 3. The lowest BCUT2D eigenvalue weighted by Gasteiger charge is -2.11. The van der Waals surface area contributed by atoms with E-state index in [1.807, 2.05) is 23.1 Å². The molecule has 0 saturated heterocycles. The molecule has 1 N–H and O–H groups in total. The van der Waals surface area contributed by atoms with Gasteiger partial charge in [0.05, 0.1) is 22.9 Å². The standard InChI is InChI=1S/C13H17BrN4/c1-10(2)16-6-11-4-3-5-15-13(11)9-18-8-12(14)7-17-18/h3-5,7-8,10,16H,6,9H2,1-2H3. The molecule has 2 aromatic heterocycles. The normalized spacial score (nSPS) is 11.1. The van der Waals surface area contributed by atoms with Crippen LogP contribution in [0, 0.1) is 0 Å². The van der Waals surface area contributed by atoms with Crippen molar-refractivity contribution in [2.24, 2.45) is 0 Å². The van der Waals surface area contributed by atoms with Gasteiger partial charge in [0.15, 0.2) is 0 Å². The third kappa shape index (κ3) is 3.65. The Kier molecular flexibility index (Phi) is 4.49. The topological polar surface area (TPSA) is 42.7 Å². The van der Waals surface area contributed by atoms with Gasteiger partial charge >= 0.3 is 0 Å². The first-order valence-electron chi connectivity index (χ1n) is 5.99. The van der Waals surface area contributed by atoms with Gasteiger partial charge in [-0.05, 0) is 27.6 Å². The Balaban J connectivity index is 2.11. The maximum absolute atomic E-state index is 4.45. The van der Waals surface area contributed by atoms with Crippen LogP contribution in [0.4, 0.5) is 0 Å². The molecule has 0 aliphatic carbocycles. The van der Waals surface area contributed by atoms with Crippen molar-refractivity contribution in [1.29, 1.82) is 0 Å². The van der Waals surface area contributed by atoms with Crippen LogP contribution in [0.5, 0.6) is 0 Å². The van der Waals surface area contributed by atoms with Gasteiger partial charge in [-0.15, -0.1) is 0 Å². The second kappa shape index (κ2) is 6.11. The second-order valence-electron chi connectivity index (χ2n) is 4.50. The van der Waals surface area contributed by atoms with Crippen molar-refractivity contribution in [2.75, 3.05) is 0 Å². The van der Waals surface area contributed by atoms with E-state index in [1.54, 1.807) is 6.20 Å². The van der Waals surface area contributed by atoms with E-state index in [0.717, 1.165) is 16.7 Å². The van der Waals surface area contributed by atoms with Gasteiger partial charge in [-0.25, -0.2) is 0 Å². The van der Waals surface area contributed by atoms with Crippen molar-refractivity contribution in [3.05, 3.63) is 46.5 Å². The zero-order valence-corrected chi connectivity index (χ0v) is 12.2. The van der Waals surface area contributed by atoms with Crippen LogP contribution in [0.1, 0.15) is 25.1 Å². The summed E-state index contributed by atoms with van der Waals surface area (Å²) in [6.07, 6.45) is 5.57. The number of rotatable bonds is 5. The quantitative estimate of drug-likeness (QED) is 0.923. The number of halogens is 1. The fourth-order valence-electron chi connectivity index (χ4n) is 1.67. The SMILES string of the molecule is CC(C)NCc1cccnc1Cn1cc(Br)cn1. The minimum absolute atomic E-state index is 0.469. The number of hydrogen-bond acceptors (Lipinski definition) is 3. The fraction of sp³-hybridized carbons (Fsp3) is 0.385. The second-order valence-corrected chi connectivity index (χ2v) is 5.42. The Hall–Kier alpha value is -1.20. The Morgan fingerprint density at radius 3 is 2.94 bits per heavy atom. The van der Waals surface area contributed by atoms with Crippen LogP contribution in [-0.4, -0.2) is 20.8 Å². The molecule has 0 spiro atoms.